The molecular formula is C24H37N5O4. The van der Waals surface area contributed by atoms with Crippen LogP contribution in [0.4, 0.5) is 9.59 Å². The molecule has 182 valence electrons. The number of alkyl carbamates (subject to hydrolysis) is 1. The minimum atomic E-state index is -0.823. The lowest BCUT2D eigenvalue weighted by molar-refractivity contribution is -0.136. The molecule has 4 amide bonds. The van der Waals surface area contributed by atoms with E-state index in [4.69, 9.17) is 4.74 Å². The quantitative estimate of drug-likeness (QED) is 0.651. The average molecular weight is 460 g/mol. The number of hydrogen-bond donors (Lipinski definition) is 1. The van der Waals surface area contributed by atoms with Crippen LogP contribution in [0.1, 0.15) is 59.3 Å². The van der Waals surface area contributed by atoms with Gasteiger partial charge in [-0.1, -0.05) is 6.08 Å². The second-order valence-electron chi connectivity index (χ2n) is 10.6. The Kier molecular flexibility index (Phi) is 7.25. The molecule has 3 saturated heterocycles. The van der Waals surface area contributed by atoms with Crippen molar-refractivity contribution in [2.45, 2.75) is 95.1 Å². The van der Waals surface area contributed by atoms with Crippen LogP contribution in [-0.4, -0.2) is 82.6 Å². The molecule has 0 aliphatic carbocycles. The standard InChI is InChI=1S/C24H37N5O4/c1-7-16-8-11-19(14-25)28(16)21(30)20(26-22(31)33-24(2,3)4)15-12-17-9-10-18(13-15)29(17)23(32)27(5)6/h7,15-20H,1,8-13H2,2-6H3,(H,26,31). The second-order valence-corrected chi connectivity index (χ2v) is 10.6. The number of nitriles is 1. The summed E-state index contributed by atoms with van der Waals surface area (Å²) in [5.74, 6) is -0.425. The third-order valence-corrected chi connectivity index (χ3v) is 6.89. The number of nitrogens with zero attached hydrogens (tertiary/aromatic N) is 4. The molecule has 0 aromatic carbocycles. The highest BCUT2D eigenvalue weighted by Crippen LogP contribution is 2.41. The van der Waals surface area contributed by atoms with E-state index < -0.39 is 23.8 Å². The average Bonchev–Trinajstić information content (AvgIpc) is 3.27. The molecular weight excluding hydrogens is 422 g/mol. The third-order valence-electron chi connectivity index (χ3n) is 6.89. The summed E-state index contributed by atoms with van der Waals surface area (Å²) in [4.78, 5) is 44.3. The van der Waals surface area contributed by atoms with Gasteiger partial charge in [0.2, 0.25) is 5.91 Å². The molecule has 9 nitrogen and oxygen atoms in total. The van der Waals surface area contributed by atoms with Crippen LogP contribution in [0.15, 0.2) is 12.7 Å². The first kappa shape index (κ1) is 24.9. The van der Waals surface area contributed by atoms with Gasteiger partial charge in [0.15, 0.2) is 0 Å². The zero-order valence-corrected chi connectivity index (χ0v) is 20.4. The molecule has 0 radical (unpaired) electrons. The molecule has 0 spiro atoms. The van der Waals surface area contributed by atoms with Crippen molar-refractivity contribution in [2.75, 3.05) is 14.1 Å². The molecule has 9 heteroatoms. The monoisotopic (exact) mass is 459 g/mol. The number of nitrogens with one attached hydrogen (secondary N) is 1. The van der Waals surface area contributed by atoms with E-state index in [2.05, 4.69) is 18.0 Å². The summed E-state index contributed by atoms with van der Waals surface area (Å²) in [6.45, 7) is 9.16. The van der Waals surface area contributed by atoms with Gasteiger partial charge in [0.1, 0.15) is 17.7 Å². The zero-order chi connectivity index (χ0) is 24.5. The van der Waals surface area contributed by atoms with E-state index in [9.17, 15) is 19.6 Å². The summed E-state index contributed by atoms with van der Waals surface area (Å²) >= 11 is 0. The van der Waals surface area contributed by atoms with Gasteiger partial charge in [-0.3, -0.25) is 4.79 Å². The predicted molar refractivity (Wildman–Crippen MR) is 123 cm³/mol. The Morgan fingerprint density at radius 1 is 1.12 bits per heavy atom. The molecule has 2 bridgehead atoms. The molecule has 0 saturated carbocycles. The lowest BCUT2D eigenvalue weighted by Crippen LogP contribution is -2.59. The Morgan fingerprint density at radius 3 is 2.21 bits per heavy atom. The van der Waals surface area contributed by atoms with Crippen LogP contribution in [0, 0.1) is 17.2 Å². The van der Waals surface area contributed by atoms with E-state index in [-0.39, 0.29) is 36.0 Å². The fourth-order valence-electron chi connectivity index (χ4n) is 5.52. The largest absolute Gasteiger partial charge is 0.444 e. The molecule has 5 unspecified atom stereocenters. The highest BCUT2D eigenvalue weighted by atomic mass is 16.6. The van der Waals surface area contributed by atoms with Gasteiger partial charge in [0.25, 0.3) is 0 Å². The van der Waals surface area contributed by atoms with Crippen molar-refractivity contribution in [1.82, 2.24) is 20.0 Å². The van der Waals surface area contributed by atoms with Crippen LogP contribution >= 0.6 is 0 Å². The van der Waals surface area contributed by atoms with E-state index >= 15 is 0 Å². The number of rotatable bonds is 4. The molecule has 0 aromatic rings. The number of piperidine rings is 1. The number of carbonyl (C=O) groups is 3. The van der Waals surface area contributed by atoms with Gasteiger partial charge < -0.3 is 24.8 Å². The lowest BCUT2D eigenvalue weighted by Gasteiger charge is -2.43. The number of hydrogen-bond acceptors (Lipinski definition) is 5. The topological polar surface area (TPSA) is 106 Å². The van der Waals surface area contributed by atoms with Crippen LogP contribution < -0.4 is 5.32 Å². The number of likely N-dealkylation sites (tertiary alicyclic amines) is 1. The molecule has 3 aliphatic rings. The number of carbonyl (C=O) groups excluding carboxylic acids is 3. The van der Waals surface area contributed by atoms with Crippen molar-refractivity contribution in [3.63, 3.8) is 0 Å². The van der Waals surface area contributed by atoms with Crippen molar-refractivity contribution >= 4 is 18.0 Å². The van der Waals surface area contributed by atoms with Gasteiger partial charge in [-0.05, 0) is 65.2 Å². The summed E-state index contributed by atoms with van der Waals surface area (Å²) in [5, 5.41) is 12.5. The van der Waals surface area contributed by atoms with E-state index in [1.165, 1.54) is 0 Å². The van der Waals surface area contributed by atoms with Gasteiger partial charge in [-0.25, -0.2) is 9.59 Å². The molecule has 3 fully saturated rings. The maximum atomic E-state index is 13.8. The van der Waals surface area contributed by atoms with Crippen molar-refractivity contribution < 1.29 is 19.1 Å². The second kappa shape index (κ2) is 9.62. The summed E-state index contributed by atoms with van der Waals surface area (Å²) in [6, 6.07) is 0.662. The number of fused-ring (bicyclic) bond motifs is 2. The smallest absolute Gasteiger partial charge is 0.408 e. The van der Waals surface area contributed by atoms with Gasteiger partial charge in [-0.15, -0.1) is 6.58 Å². The SMILES string of the molecule is C=CC1CCC(C#N)N1C(=O)C(NC(=O)OC(C)(C)C)C1CC2CCC(C1)N2C(=O)N(C)C. The van der Waals surface area contributed by atoms with Crippen LogP contribution in [0.2, 0.25) is 0 Å². The molecule has 0 aromatic heterocycles. The molecule has 5 atom stereocenters. The molecule has 3 aliphatic heterocycles. The van der Waals surface area contributed by atoms with E-state index in [1.807, 2.05) is 4.90 Å². The normalized spacial score (nSPS) is 29.8. The van der Waals surface area contributed by atoms with Crippen LogP contribution in [0.25, 0.3) is 0 Å². The number of amides is 4. The first-order chi connectivity index (χ1) is 15.5. The summed E-state index contributed by atoms with van der Waals surface area (Å²) < 4.78 is 5.46. The Balaban J connectivity index is 1.86. The van der Waals surface area contributed by atoms with E-state index in [0.29, 0.717) is 25.7 Å². The fourth-order valence-corrected chi connectivity index (χ4v) is 5.52. The Hall–Kier alpha value is -2.76. The first-order valence-corrected chi connectivity index (χ1v) is 11.8. The highest BCUT2D eigenvalue weighted by Gasteiger charge is 2.49. The van der Waals surface area contributed by atoms with Gasteiger partial charge in [0, 0.05) is 26.2 Å². The van der Waals surface area contributed by atoms with Crippen molar-refractivity contribution in [3.05, 3.63) is 12.7 Å². The Labute approximate surface area is 196 Å². The molecule has 1 N–H and O–H groups in total. The van der Waals surface area contributed by atoms with Gasteiger partial charge >= 0.3 is 12.1 Å². The maximum absolute atomic E-state index is 13.8. The van der Waals surface area contributed by atoms with Crippen LogP contribution in [0.5, 0.6) is 0 Å². The number of ether oxygens (including phenoxy) is 1. The minimum Gasteiger partial charge on any atom is -0.444 e. The molecule has 3 heterocycles. The predicted octanol–water partition coefficient (Wildman–Crippen LogP) is 2.87. The van der Waals surface area contributed by atoms with Gasteiger partial charge in [0.05, 0.1) is 12.1 Å². The van der Waals surface area contributed by atoms with Gasteiger partial charge in [-0.2, -0.15) is 5.26 Å². The molecule has 3 rings (SSSR count). The minimum absolute atomic E-state index is 0.0141. The first-order valence-electron chi connectivity index (χ1n) is 11.8. The van der Waals surface area contributed by atoms with Crippen LogP contribution in [-0.2, 0) is 9.53 Å². The summed E-state index contributed by atoms with van der Waals surface area (Å²) in [6.07, 6.45) is 5.30. The zero-order valence-electron chi connectivity index (χ0n) is 20.4. The van der Waals surface area contributed by atoms with Crippen molar-refractivity contribution in [2.24, 2.45) is 5.92 Å². The molecule has 33 heavy (non-hydrogen) atoms. The lowest BCUT2D eigenvalue weighted by atomic mass is 9.84. The van der Waals surface area contributed by atoms with E-state index in [0.717, 1.165) is 12.8 Å². The number of urea groups is 1. The Morgan fingerprint density at radius 2 is 1.73 bits per heavy atom. The summed E-state index contributed by atoms with van der Waals surface area (Å²) in [7, 11) is 3.49. The summed E-state index contributed by atoms with van der Waals surface area (Å²) in [5.41, 5.74) is -0.704. The van der Waals surface area contributed by atoms with Crippen molar-refractivity contribution in [3.8, 4) is 6.07 Å². The van der Waals surface area contributed by atoms with E-state index in [1.54, 1.807) is 50.7 Å². The third kappa shape index (κ3) is 5.26. The highest BCUT2D eigenvalue weighted by molar-refractivity contribution is 5.87. The fraction of sp³-hybridized carbons (Fsp3) is 0.750. The van der Waals surface area contributed by atoms with Crippen molar-refractivity contribution in [1.29, 1.82) is 5.26 Å². The van der Waals surface area contributed by atoms with Crippen LogP contribution in [0.3, 0.4) is 0 Å². The Bertz CT molecular complexity index is 816. The maximum Gasteiger partial charge on any atom is 0.408 e.